The molecule has 2 nitrogen and oxygen atoms in total. The molecule has 1 N–H and O–H groups in total. The summed E-state index contributed by atoms with van der Waals surface area (Å²) in [5.41, 5.74) is 0.419. The molecule has 0 atom stereocenters. The molecule has 0 rings (SSSR count). The van der Waals surface area contributed by atoms with Crippen LogP contribution in [-0.2, 0) is 0 Å². The van der Waals surface area contributed by atoms with Crippen LogP contribution in [0.2, 0.25) is 0 Å². The van der Waals surface area contributed by atoms with Gasteiger partial charge in [-0.3, -0.25) is 0 Å². The minimum Gasteiger partial charge on any atom is -0.318 e. The molecule has 0 aliphatic carbocycles. The Balaban J connectivity index is 3.44. The van der Waals surface area contributed by atoms with Gasteiger partial charge in [-0.15, -0.1) is 0 Å². The van der Waals surface area contributed by atoms with E-state index in [0.29, 0.717) is 5.41 Å². The van der Waals surface area contributed by atoms with Crippen LogP contribution in [0.25, 0.3) is 0 Å². The van der Waals surface area contributed by atoms with Crippen molar-refractivity contribution in [2.75, 3.05) is 33.7 Å². The maximum Gasteiger partial charge on any atom is 0.0104 e. The fraction of sp³-hybridized carbons (Fsp3) is 1.00. The van der Waals surface area contributed by atoms with Gasteiger partial charge < -0.3 is 10.2 Å². The number of nitrogens with one attached hydrogen (secondary N) is 1. The van der Waals surface area contributed by atoms with Crippen molar-refractivity contribution in [3.05, 3.63) is 0 Å². The van der Waals surface area contributed by atoms with Gasteiger partial charge in [0.15, 0.2) is 0 Å². The smallest absolute Gasteiger partial charge is 0.0104 e. The summed E-state index contributed by atoms with van der Waals surface area (Å²) in [5.74, 6) is 0. The minimum absolute atomic E-state index is 0.419. The Morgan fingerprint density at radius 1 is 1.27 bits per heavy atom. The first-order chi connectivity index (χ1) is 4.95. The zero-order chi connectivity index (χ0) is 8.91. The molecule has 0 aliphatic rings. The SMILES string of the molecule is CNCCN(C)CC(C)(C)C. The number of rotatable bonds is 4. The third-order valence-electron chi connectivity index (χ3n) is 1.49. The Bertz CT molecular complexity index is 94.2. The Hall–Kier alpha value is -0.0800. The summed E-state index contributed by atoms with van der Waals surface area (Å²) < 4.78 is 0. The highest BCUT2D eigenvalue weighted by atomic mass is 15.1. The Morgan fingerprint density at radius 3 is 2.18 bits per heavy atom. The molecule has 0 spiro atoms. The maximum atomic E-state index is 3.14. The topological polar surface area (TPSA) is 15.3 Å². The standard InChI is InChI=1S/C9H22N2/c1-9(2,3)8-11(5)7-6-10-4/h10H,6-8H2,1-5H3. The molecule has 0 bridgehead atoms. The van der Waals surface area contributed by atoms with Gasteiger partial charge in [0.2, 0.25) is 0 Å². The highest BCUT2D eigenvalue weighted by Crippen LogP contribution is 2.13. The van der Waals surface area contributed by atoms with E-state index in [4.69, 9.17) is 0 Å². The maximum absolute atomic E-state index is 3.14. The zero-order valence-corrected chi connectivity index (χ0v) is 8.57. The van der Waals surface area contributed by atoms with Gasteiger partial charge in [0.05, 0.1) is 0 Å². The second-order valence-electron chi connectivity index (χ2n) is 4.40. The second kappa shape index (κ2) is 4.73. The molecule has 0 aliphatic heterocycles. The summed E-state index contributed by atoms with van der Waals surface area (Å²) in [7, 11) is 4.16. The van der Waals surface area contributed by atoms with E-state index in [1.807, 2.05) is 7.05 Å². The molecule has 11 heavy (non-hydrogen) atoms. The predicted octanol–water partition coefficient (Wildman–Crippen LogP) is 1.18. The lowest BCUT2D eigenvalue weighted by molar-refractivity contribution is 0.228. The highest BCUT2D eigenvalue weighted by Gasteiger charge is 2.12. The average Bonchev–Trinajstić information content (AvgIpc) is 1.79. The first-order valence-electron chi connectivity index (χ1n) is 4.29. The van der Waals surface area contributed by atoms with Crippen molar-refractivity contribution in [1.29, 1.82) is 0 Å². The predicted molar refractivity (Wildman–Crippen MR) is 50.9 cm³/mol. The van der Waals surface area contributed by atoms with Crippen LogP contribution in [0.1, 0.15) is 20.8 Å². The first-order valence-corrected chi connectivity index (χ1v) is 4.29. The molecule has 0 saturated carbocycles. The van der Waals surface area contributed by atoms with E-state index in [1.54, 1.807) is 0 Å². The number of hydrogen-bond acceptors (Lipinski definition) is 2. The molecule has 0 aromatic heterocycles. The lowest BCUT2D eigenvalue weighted by Gasteiger charge is -2.26. The molecule has 0 amide bonds. The molecule has 0 aromatic rings. The quantitative estimate of drug-likeness (QED) is 0.661. The Kier molecular flexibility index (Phi) is 4.69. The van der Waals surface area contributed by atoms with Crippen LogP contribution in [0.5, 0.6) is 0 Å². The third kappa shape index (κ3) is 7.82. The molecule has 0 radical (unpaired) electrons. The van der Waals surface area contributed by atoms with E-state index in [1.165, 1.54) is 0 Å². The van der Waals surface area contributed by atoms with Gasteiger partial charge in [0.25, 0.3) is 0 Å². The van der Waals surface area contributed by atoms with Crippen molar-refractivity contribution in [3.8, 4) is 0 Å². The monoisotopic (exact) mass is 158 g/mol. The highest BCUT2D eigenvalue weighted by molar-refractivity contribution is 4.66. The van der Waals surface area contributed by atoms with E-state index in [0.717, 1.165) is 19.6 Å². The van der Waals surface area contributed by atoms with Crippen molar-refractivity contribution >= 4 is 0 Å². The van der Waals surface area contributed by atoms with Crippen molar-refractivity contribution < 1.29 is 0 Å². The molecule has 0 fully saturated rings. The van der Waals surface area contributed by atoms with Crippen molar-refractivity contribution in [2.45, 2.75) is 20.8 Å². The van der Waals surface area contributed by atoms with E-state index < -0.39 is 0 Å². The summed E-state index contributed by atoms with van der Waals surface area (Å²) in [4.78, 5) is 2.36. The van der Waals surface area contributed by atoms with Crippen LogP contribution in [0.4, 0.5) is 0 Å². The number of nitrogens with zero attached hydrogens (tertiary/aromatic N) is 1. The van der Waals surface area contributed by atoms with Crippen molar-refractivity contribution in [1.82, 2.24) is 10.2 Å². The van der Waals surface area contributed by atoms with Crippen molar-refractivity contribution in [2.24, 2.45) is 5.41 Å². The van der Waals surface area contributed by atoms with Gasteiger partial charge in [-0.2, -0.15) is 0 Å². The van der Waals surface area contributed by atoms with Crippen LogP contribution < -0.4 is 5.32 Å². The summed E-state index contributed by atoms with van der Waals surface area (Å²) >= 11 is 0. The Morgan fingerprint density at radius 2 is 1.82 bits per heavy atom. The number of likely N-dealkylation sites (N-methyl/N-ethyl adjacent to an activating group) is 2. The number of hydrogen-bond donors (Lipinski definition) is 1. The third-order valence-corrected chi connectivity index (χ3v) is 1.49. The van der Waals surface area contributed by atoms with Gasteiger partial charge in [-0.25, -0.2) is 0 Å². The van der Waals surface area contributed by atoms with Gasteiger partial charge in [0.1, 0.15) is 0 Å². The van der Waals surface area contributed by atoms with Gasteiger partial charge in [0, 0.05) is 19.6 Å². The lowest BCUT2D eigenvalue weighted by Crippen LogP contribution is -2.33. The largest absolute Gasteiger partial charge is 0.318 e. The van der Waals surface area contributed by atoms with Gasteiger partial charge in [-0.1, -0.05) is 20.8 Å². The molecule has 68 valence electrons. The van der Waals surface area contributed by atoms with Crippen LogP contribution >= 0.6 is 0 Å². The Labute approximate surface area is 71.0 Å². The van der Waals surface area contributed by atoms with Crippen LogP contribution in [0, 0.1) is 5.41 Å². The lowest BCUT2D eigenvalue weighted by atomic mass is 9.96. The summed E-state index contributed by atoms with van der Waals surface area (Å²) in [5, 5.41) is 3.14. The van der Waals surface area contributed by atoms with E-state index >= 15 is 0 Å². The molecule has 2 heteroatoms. The second-order valence-corrected chi connectivity index (χ2v) is 4.40. The van der Waals surface area contributed by atoms with E-state index in [-0.39, 0.29) is 0 Å². The van der Waals surface area contributed by atoms with Crippen LogP contribution in [0.15, 0.2) is 0 Å². The molecular formula is C9H22N2. The summed E-state index contributed by atoms with van der Waals surface area (Å²) in [6.07, 6.45) is 0. The van der Waals surface area contributed by atoms with Crippen LogP contribution in [0.3, 0.4) is 0 Å². The van der Waals surface area contributed by atoms with Gasteiger partial charge in [-0.05, 0) is 19.5 Å². The van der Waals surface area contributed by atoms with Gasteiger partial charge >= 0.3 is 0 Å². The van der Waals surface area contributed by atoms with Crippen LogP contribution in [-0.4, -0.2) is 38.6 Å². The summed E-state index contributed by atoms with van der Waals surface area (Å²) in [6, 6.07) is 0. The van der Waals surface area contributed by atoms with E-state index in [2.05, 4.69) is 38.0 Å². The van der Waals surface area contributed by atoms with Crippen molar-refractivity contribution in [3.63, 3.8) is 0 Å². The summed E-state index contributed by atoms with van der Waals surface area (Å²) in [6.45, 7) is 10.2. The fourth-order valence-electron chi connectivity index (χ4n) is 1.19. The average molecular weight is 158 g/mol. The zero-order valence-electron chi connectivity index (χ0n) is 8.57. The minimum atomic E-state index is 0.419. The first kappa shape index (κ1) is 10.9. The normalized spacial score (nSPS) is 12.5. The molecule has 0 heterocycles. The fourth-order valence-corrected chi connectivity index (χ4v) is 1.19. The molecular weight excluding hydrogens is 136 g/mol. The molecule has 0 saturated heterocycles. The molecule has 0 unspecified atom stereocenters. The van der Waals surface area contributed by atoms with E-state index in [9.17, 15) is 0 Å². The molecule has 0 aromatic carbocycles.